The Balaban J connectivity index is 0.00000363. The Morgan fingerprint density at radius 1 is 1.12 bits per heavy atom. The molecule has 180 valence electrons. The number of hydrogen-bond acceptors (Lipinski definition) is 6. The summed E-state index contributed by atoms with van der Waals surface area (Å²) < 4.78 is 9.96. The highest BCUT2D eigenvalue weighted by molar-refractivity contribution is 7.86. The largest absolute Gasteiger partial charge is 0.493 e. The van der Waals surface area contributed by atoms with Crippen LogP contribution in [0.1, 0.15) is 39.5 Å². The molecule has 0 aromatic heterocycles. The monoisotopic (exact) mass is 499 g/mol. The smallest absolute Gasteiger partial charge is 0.157 e. The first-order valence-electron chi connectivity index (χ1n) is 11.2. The van der Waals surface area contributed by atoms with Gasteiger partial charge in [0.25, 0.3) is 0 Å². The van der Waals surface area contributed by atoms with Gasteiger partial charge in [-0.15, -0.1) is 25.6 Å². The molecule has 3 aliphatic rings. The second kappa shape index (κ2) is 10.6. The second-order valence-electron chi connectivity index (χ2n) is 9.51. The SMILES string of the molecule is C=CCC1C(CC=C)C2(S)C=C(OC)C(OC)=CC2(S)C2CC(=O)C(CC(C)C)CN12.Cl. The fourth-order valence-electron chi connectivity index (χ4n) is 5.88. The molecule has 6 atom stereocenters. The molecule has 4 nitrogen and oxygen atoms in total. The van der Waals surface area contributed by atoms with E-state index in [1.165, 1.54) is 0 Å². The van der Waals surface area contributed by atoms with Crippen molar-refractivity contribution >= 4 is 43.4 Å². The second-order valence-corrected chi connectivity index (χ2v) is 11.0. The van der Waals surface area contributed by atoms with Crippen LogP contribution >= 0.6 is 37.7 Å². The number of rotatable bonds is 8. The normalized spacial score (nSPS) is 36.8. The van der Waals surface area contributed by atoms with E-state index in [0.717, 1.165) is 25.8 Å². The first-order chi connectivity index (χ1) is 14.7. The van der Waals surface area contributed by atoms with Crippen molar-refractivity contribution in [1.82, 2.24) is 4.90 Å². The van der Waals surface area contributed by atoms with E-state index < -0.39 is 9.49 Å². The summed E-state index contributed by atoms with van der Waals surface area (Å²) in [6.45, 7) is 13.2. The topological polar surface area (TPSA) is 38.8 Å². The summed E-state index contributed by atoms with van der Waals surface area (Å²) in [4.78, 5) is 15.8. The average Bonchev–Trinajstić information content (AvgIpc) is 2.72. The zero-order chi connectivity index (χ0) is 23.0. The molecule has 0 radical (unpaired) electrons. The molecule has 0 saturated carbocycles. The molecular formula is C25H38ClNO3S2. The molecule has 32 heavy (non-hydrogen) atoms. The Bertz CT molecular complexity index is 798. The van der Waals surface area contributed by atoms with Gasteiger partial charge in [0.05, 0.1) is 23.7 Å². The summed E-state index contributed by atoms with van der Waals surface area (Å²) in [6, 6.07) is 0.1000. The lowest BCUT2D eigenvalue weighted by molar-refractivity contribution is -0.134. The highest BCUT2D eigenvalue weighted by atomic mass is 35.5. The van der Waals surface area contributed by atoms with Crippen LogP contribution < -0.4 is 0 Å². The van der Waals surface area contributed by atoms with Crippen LogP contribution in [-0.2, 0) is 14.3 Å². The molecule has 0 amide bonds. The van der Waals surface area contributed by atoms with Crippen molar-refractivity contribution in [2.75, 3.05) is 20.8 Å². The van der Waals surface area contributed by atoms with Crippen LogP contribution in [0.15, 0.2) is 49.0 Å². The van der Waals surface area contributed by atoms with Gasteiger partial charge in [-0.2, -0.15) is 25.3 Å². The summed E-state index contributed by atoms with van der Waals surface area (Å²) in [6.07, 6.45) is 11.0. The summed E-state index contributed by atoms with van der Waals surface area (Å²) >= 11 is 10.6. The highest BCUT2D eigenvalue weighted by Gasteiger charge is 2.65. The third-order valence-corrected chi connectivity index (χ3v) is 9.06. The fourth-order valence-corrected chi connectivity index (χ4v) is 7.07. The Morgan fingerprint density at radius 3 is 2.19 bits per heavy atom. The van der Waals surface area contributed by atoms with E-state index in [1.54, 1.807) is 14.2 Å². The van der Waals surface area contributed by atoms with Crippen LogP contribution in [-0.4, -0.2) is 53.0 Å². The van der Waals surface area contributed by atoms with Gasteiger partial charge >= 0.3 is 0 Å². The van der Waals surface area contributed by atoms with Crippen molar-refractivity contribution in [3.63, 3.8) is 0 Å². The molecule has 1 aliphatic carbocycles. The van der Waals surface area contributed by atoms with Gasteiger partial charge in [0.2, 0.25) is 0 Å². The van der Waals surface area contributed by atoms with E-state index in [0.29, 0.717) is 29.6 Å². The summed E-state index contributed by atoms with van der Waals surface area (Å²) in [5, 5.41) is 0. The number of halogens is 1. The Kier molecular flexibility index (Phi) is 9.11. The van der Waals surface area contributed by atoms with Gasteiger partial charge in [0.15, 0.2) is 11.5 Å². The standard InChI is InChI=1S/C25H37NO3S2.ClH/c1-7-9-18-19(10-8-2)26-15-17(11-16(3)4)20(27)12-23(26)25(31)14-22(29-6)21(28-5)13-24(18,25)30;/h7-8,13-14,16-19,23,30-31H,1-2,9-12,15H2,3-6H3;1H. The lowest BCUT2D eigenvalue weighted by Crippen LogP contribution is -2.74. The molecule has 0 bridgehead atoms. The quantitative estimate of drug-likeness (QED) is 0.352. The summed E-state index contributed by atoms with van der Waals surface area (Å²) in [7, 11) is 3.27. The minimum Gasteiger partial charge on any atom is -0.493 e. The van der Waals surface area contributed by atoms with E-state index in [1.807, 2.05) is 24.3 Å². The molecule has 2 aliphatic heterocycles. The van der Waals surface area contributed by atoms with Gasteiger partial charge in [-0.25, -0.2) is 0 Å². The van der Waals surface area contributed by atoms with Crippen LogP contribution in [0.3, 0.4) is 0 Å². The number of hydrogen-bond donors (Lipinski definition) is 2. The predicted molar refractivity (Wildman–Crippen MR) is 141 cm³/mol. The van der Waals surface area contributed by atoms with E-state index in [9.17, 15) is 4.79 Å². The molecule has 0 spiro atoms. The van der Waals surface area contributed by atoms with Crippen molar-refractivity contribution in [2.45, 2.75) is 61.1 Å². The molecule has 0 aromatic carbocycles. The number of piperidine rings is 2. The van der Waals surface area contributed by atoms with Crippen LogP contribution in [0.5, 0.6) is 0 Å². The zero-order valence-electron chi connectivity index (χ0n) is 19.6. The van der Waals surface area contributed by atoms with Gasteiger partial charge in [-0.1, -0.05) is 26.0 Å². The lowest BCUT2D eigenvalue weighted by atomic mass is 9.61. The number of Topliss-reactive ketones (excluding diaryl/α,β-unsaturated/α-hetero) is 1. The number of ketones is 1. The Hall–Kier alpha value is -0.820. The van der Waals surface area contributed by atoms with Crippen LogP contribution in [0.25, 0.3) is 0 Å². The molecular weight excluding hydrogens is 462 g/mol. The number of fused-ring (bicyclic) bond motifs is 3. The maximum absolute atomic E-state index is 13.2. The highest BCUT2D eigenvalue weighted by Crippen LogP contribution is 2.59. The number of ether oxygens (including phenoxy) is 2. The van der Waals surface area contributed by atoms with Crippen LogP contribution in [0.2, 0.25) is 0 Å². The fraction of sp³-hybridized carbons (Fsp3) is 0.640. The molecule has 6 unspecified atom stereocenters. The minimum atomic E-state index is -0.701. The van der Waals surface area contributed by atoms with Gasteiger partial charge in [-0.05, 0) is 43.3 Å². The van der Waals surface area contributed by atoms with E-state index in [-0.39, 0.29) is 36.3 Å². The van der Waals surface area contributed by atoms with Crippen LogP contribution in [0, 0.1) is 17.8 Å². The van der Waals surface area contributed by atoms with Gasteiger partial charge in [0, 0.05) is 31.0 Å². The maximum Gasteiger partial charge on any atom is 0.157 e. The van der Waals surface area contributed by atoms with Gasteiger partial charge in [0.1, 0.15) is 5.78 Å². The Labute approximate surface area is 210 Å². The lowest BCUT2D eigenvalue weighted by Gasteiger charge is -2.64. The average molecular weight is 500 g/mol. The van der Waals surface area contributed by atoms with E-state index in [4.69, 9.17) is 34.7 Å². The molecule has 2 heterocycles. The third kappa shape index (κ3) is 4.45. The van der Waals surface area contributed by atoms with Crippen molar-refractivity contribution < 1.29 is 14.3 Å². The number of nitrogens with zero attached hydrogens (tertiary/aromatic N) is 1. The summed E-state index contributed by atoms with van der Waals surface area (Å²) in [5.41, 5.74) is 0. The van der Waals surface area contributed by atoms with E-state index in [2.05, 4.69) is 31.9 Å². The number of thiol groups is 2. The molecule has 2 saturated heterocycles. The van der Waals surface area contributed by atoms with Crippen molar-refractivity contribution in [3.8, 4) is 0 Å². The molecule has 2 fully saturated rings. The predicted octanol–water partition coefficient (Wildman–Crippen LogP) is 5.28. The molecule has 0 N–H and O–H groups in total. The number of methoxy groups -OCH3 is 2. The first kappa shape index (κ1) is 27.4. The first-order valence-corrected chi connectivity index (χ1v) is 12.0. The third-order valence-electron chi connectivity index (χ3n) is 7.26. The zero-order valence-corrected chi connectivity index (χ0v) is 22.2. The number of carbonyl (C=O) groups excluding carboxylic acids is 1. The van der Waals surface area contributed by atoms with E-state index >= 15 is 0 Å². The molecule has 3 rings (SSSR count). The van der Waals surface area contributed by atoms with Crippen molar-refractivity contribution in [2.24, 2.45) is 17.8 Å². The number of allylic oxidation sites excluding steroid dienone is 1. The van der Waals surface area contributed by atoms with Crippen LogP contribution in [0.4, 0.5) is 0 Å². The molecule has 7 heteroatoms. The van der Waals surface area contributed by atoms with Gasteiger partial charge in [-0.3, -0.25) is 9.69 Å². The van der Waals surface area contributed by atoms with Gasteiger partial charge < -0.3 is 9.47 Å². The van der Waals surface area contributed by atoms with Crippen molar-refractivity contribution in [1.29, 1.82) is 0 Å². The molecule has 0 aromatic rings. The minimum absolute atomic E-state index is 0. The number of carbonyl (C=O) groups is 1. The Morgan fingerprint density at radius 2 is 1.69 bits per heavy atom. The van der Waals surface area contributed by atoms with Crippen molar-refractivity contribution in [3.05, 3.63) is 49.0 Å². The maximum atomic E-state index is 13.2. The summed E-state index contributed by atoms with van der Waals surface area (Å²) in [5.74, 6) is 2.27.